The smallest absolute Gasteiger partial charge is 0.153 e. The average Bonchev–Trinajstić information content (AvgIpc) is 2.37. The third-order valence-electron chi connectivity index (χ3n) is 2.51. The minimum atomic E-state index is -1.02. The van der Waals surface area contributed by atoms with Gasteiger partial charge in [0.25, 0.3) is 0 Å². The van der Waals surface area contributed by atoms with Gasteiger partial charge in [0.05, 0.1) is 18.8 Å². The van der Waals surface area contributed by atoms with E-state index in [1.807, 2.05) is 0 Å². The Bertz CT molecular complexity index is 381. The summed E-state index contributed by atoms with van der Waals surface area (Å²) in [5.41, 5.74) is 0.837. The molecule has 0 aliphatic rings. The normalized spacial score (nSPS) is 14.1. The second-order valence-electron chi connectivity index (χ2n) is 3.64. The molecule has 4 nitrogen and oxygen atoms in total. The van der Waals surface area contributed by atoms with Crippen molar-refractivity contribution >= 4 is 18.9 Å². The Balaban J connectivity index is 2.95. The van der Waals surface area contributed by atoms with Crippen LogP contribution in [-0.2, 0) is 0 Å². The van der Waals surface area contributed by atoms with Gasteiger partial charge >= 0.3 is 0 Å². The van der Waals surface area contributed by atoms with Gasteiger partial charge in [0, 0.05) is 0 Å². The van der Waals surface area contributed by atoms with Gasteiger partial charge < -0.3 is 14.9 Å². The molecule has 0 saturated heterocycles. The van der Waals surface area contributed by atoms with Gasteiger partial charge in [-0.3, -0.25) is 4.79 Å². The molecule has 0 aliphatic heterocycles. The summed E-state index contributed by atoms with van der Waals surface area (Å²) in [6, 6.07) is 4.73. The molecule has 0 heterocycles. The summed E-state index contributed by atoms with van der Waals surface area (Å²) in [6.07, 6.45) is -0.876. The molecule has 5 heteroatoms. The van der Waals surface area contributed by atoms with Crippen LogP contribution in [0.1, 0.15) is 28.4 Å². The van der Waals surface area contributed by atoms with Crippen LogP contribution < -0.4 is 4.74 Å². The van der Waals surface area contributed by atoms with Gasteiger partial charge in [-0.2, -0.15) is 12.6 Å². The highest BCUT2D eigenvalue weighted by Gasteiger charge is 2.18. The maximum absolute atomic E-state index is 10.8. The van der Waals surface area contributed by atoms with Gasteiger partial charge in [-0.1, -0.05) is 6.07 Å². The first-order valence-corrected chi connectivity index (χ1v) is 5.87. The molecule has 0 fully saturated rings. The summed E-state index contributed by atoms with van der Waals surface area (Å²) in [7, 11) is 1.47. The number of methoxy groups -OCH3 is 1. The summed E-state index contributed by atoms with van der Waals surface area (Å²) in [5, 5.41) is 19.5. The fourth-order valence-corrected chi connectivity index (χ4v) is 1.81. The summed E-state index contributed by atoms with van der Waals surface area (Å²) < 4.78 is 4.99. The molecular formula is C12H16O4S. The van der Waals surface area contributed by atoms with Crippen molar-refractivity contribution in [1.82, 2.24) is 0 Å². The minimum absolute atomic E-state index is 0.349. The number of carbonyl (C=O) groups excluding carboxylic acids is 1. The van der Waals surface area contributed by atoms with Crippen molar-refractivity contribution in [3.8, 4) is 5.75 Å². The Morgan fingerprint density at radius 1 is 1.47 bits per heavy atom. The van der Waals surface area contributed by atoms with E-state index >= 15 is 0 Å². The molecule has 0 bridgehead atoms. The fraction of sp³-hybridized carbons (Fsp3) is 0.417. The summed E-state index contributed by atoms with van der Waals surface area (Å²) in [5.74, 6) is 0.925. The third kappa shape index (κ3) is 3.46. The van der Waals surface area contributed by atoms with Crippen LogP contribution in [0.25, 0.3) is 0 Å². The Hall–Kier alpha value is -1.04. The van der Waals surface area contributed by atoms with E-state index in [0.29, 0.717) is 35.3 Å². The summed E-state index contributed by atoms with van der Waals surface area (Å²) in [6.45, 7) is 0. The van der Waals surface area contributed by atoms with Crippen molar-refractivity contribution in [2.24, 2.45) is 0 Å². The van der Waals surface area contributed by atoms with Gasteiger partial charge in [-0.15, -0.1) is 0 Å². The van der Waals surface area contributed by atoms with Gasteiger partial charge in [0.15, 0.2) is 6.29 Å². The topological polar surface area (TPSA) is 66.8 Å². The highest BCUT2D eigenvalue weighted by Crippen LogP contribution is 2.24. The van der Waals surface area contributed by atoms with Crippen LogP contribution in [0.15, 0.2) is 18.2 Å². The summed E-state index contributed by atoms with van der Waals surface area (Å²) >= 11 is 3.99. The molecule has 0 radical (unpaired) electrons. The average molecular weight is 256 g/mol. The van der Waals surface area contributed by atoms with Crippen LogP contribution in [0.5, 0.6) is 5.75 Å². The molecule has 2 unspecified atom stereocenters. The number of hydrogen-bond acceptors (Lipinski definition) is 5. The van der Waals surface area contributed by atoms with Crippen molar-refractivity contribution in [2.75, 3.05) is 12.9 Å². The van der Waals surface area contributed by atoms with E-state index in [9.17, 15) is 15.0 Å². The predicted molar refractivity (Wildman–Crippen MR) is 67.8 cm³/mol. The van der Waals surface area contributed by atoms with E-state index in [1.165, 1.54) is 13.2 Å². The van der Waals surface area contributed by atoms with Gasteiger partial charge in [-0.25, -0.2) is 0 Å². The molecule has 1 aromatic carbocycles. The quantitative estimate of drug-likeness (QED) is 0.529. The first-order valence-electron chi connectivity index (χ1n) is 5.24. The molecule has 1 rings (SSSR count). The first-order chi connectivity index (χ1) is 8.13. The Labute approximate surface area is 106 Å². The van der Waals surface area contributed by atoms with Gasteiger partial charge in [0.2, 0.25) is 0 Å². The van der Waals surface area contributed by atoms with Crippen molar-refractivity contribution in [1.29, 1.82) is 0 Å². The molecule has 94 valence electrons. The zero-order valence-electron chi connectivity index (χ0n) is 9.54. The largest absolute Gasteiger partial charge is 0.496 e. The number of rotatable bonds is 6. The highest BCUT2D eigenvalue weighted by molar-refractivity contribution is 7.80. The van der Waals surface area contributed by atoms with Crippen LogP contribution in [0.2, 0.25) is 0 Å². The number of aldehydes is 1. The van der Waals surface area contributed by atoms with E-state index in [1.54, 1.807) is 12.1 Å². The Morgan fingerprint density at radius 2 is 2.18 bits per heavy atom. The SMILES string of the molecule is COc1ccc(C(O)C(O)CCS)cc1C=O. The van der Waals surface area contributed by atoms with Crippen LogP contribution >= 0.6 is 12.6 Å². The lowest BCUT2D eigenvalue weighted by atomic mass is 10.0. The second kappa shape index (κ2) is 6.64. The maximum atomic E-state index is 10.8. The number of carbonyl (C=O) groups is 1. The number of thiol groups is 1. The van der Waals surface area contributed by atoms with Crippen molar-refractivity contribution in [2.45, 2.75) is 18.6 Å². The summed E-state index contributed by atoms with van der Waals surface area (Å²) in [4.78, 5) is 10.8. The number of benzene rings is 1. The lowest BCUT2D eigenvalue weighted by molar-refractivity contribution is 0.0172. The zero-order chi connectivity index (χ0) is 12.8. The molecule has 0 aromatic heterocycles. The molecule has 1 aromatic rings. The highest BCUT2D eigenvalue weighted by atomic mass is 32.1. The predicted octanol–water partition coefficient (Wildman–Crippen LogP) is 1.22. The molecular weight excluding hydrogens is 240 g/mol. The molecule has 0 aliphatic carbocycles. The number of hydrogen-bond donors (Lipinski definition) is 3. The Kier molecular flexibility index (Phi) is 5.47. The maximum Gasteiger partial charge on any atom is 0.153 e. The van der Waals surface area contributed by atoms with Crippen LogP contribution in [0.4, 0.5) is 0 Å². The lowest BCUT2D eigenvalue weighted by Gasteiger charge is -2.18. The fourth-order valence-electron chi connectivity index (χ4n) is 1.54. The number of aliphatic hydroxyl groups is 2. The van der Waals surface area contributed by atoms with E-state index < -0.39 is 12.2 Å². The molecule has 0 saturated carbocycles. The van der Waals surface area contributed by atoms with Crippen LogP contribution in [0.3, 0.4) is 0 Å². The van der Waals surface area contributed by atoms with E-state index in [2.05, 4.69) is 12.6 Å². The number of ether oxygens (including phenoxy) is 1. The second-order valence-corrected chi connectivity index (χ2v) is 4.09. The standard InChI is InChI=1S/C12H16O4S/c1-16-11-3-2-8(6-9(11)7-13)12(15)10(14)4-5-17/h2-3,6-7,10,12,14-15,17H,4-5H2,1H3. The molecule has 17 heavy (non-hydrogen) atoms. The van der Waals surface area contributed by atoms with Gasteiger partial charge in [-0.05, 0) is 29.9 Å². The zero-order valence-corrected chi connectivity index (χ0v) is 10.4. The molecule has 0 spiro atoms. The third-order valence-corrected chi connectivity index (χ3v) is 2.77. The van der Waals surface area contributed by atoms with Crippen molar-refractivity contribution < 1.29 is 19.7 Å². The molecule has 0 amide bonds. The van der Waals surface area contributed by atoms with Crippen LogP contribution in [-0.4, -0.2) is 35.5 Å². The van der Waals surface area contributed by atoms with Crippen molar-refractivity contribution in [3.63, 3.8) is 0 Å². The minimum Gasteiger partial charge on any atom is -0.496 e. The van der Waals surface area contributed by atoms with E-state index in [-0.39, 0.29) is 0 Å². The van der Waals surface area contributed by atoms with E-state index in [4.69, 9.17) is 4.74 Å². The molecule has 2 atom stereocenters. The number of aliphatic hydroxyl groups excluding tert-OH is 2. The van der Waals surface area contributed by atoms with Crippen molar-refractivity contribution in [3.05, 3.63) is 29.3 Å². The van der Waals surface area contributed by atoms with Crippen LogP contribution in [0, 0.1) is 0 Å². The van der Waals surface area contributed by atoms with E-state index in [0.717, 1.165) is 0 Å². The molecule has 2 N–H and O–H groups in total. The Morgan fingerprint density at radius 3 is 2.71 bits per heavy atom. The monoisotopic (exact) mass is 256 g/mol. The van der Waals surface area contributed by atoms with Gasteiger partial charge in [0.1, 0.15) is 11.9 Å². The lowest BCUT2D eigenvalue weighted by Crippen LogP contribution is -2.18. The first kappa shape index (κ1) is 14.0.